The third kappa shape index (κ3) is 3.70. The van der Waals surface area contributed by atoms with Crippen molar-refractivity contribution in [3.05, 3.63) is 57.9 Å². The van der Waals surface area contributed by atoms with Crippen molar-refractivity contribution in [1.82, 2.24) is 8.87 Å². The molecule has 3 aromatic rings. The maximum absolute atomic E-state index is 12.6. The number of fused-ring (bicyclic) bond motifs is 1. The van der Waals surface area contributed by atoms with Crippen LogP contribution in [0.15, 0.2) is 52.4 Å². The number of carbonyl (C=O) groups is 1. The van der Waals surface area contributed by atoms with Gasteiger partial charge in [0.05, 0.1) is 20.1 Å². The highest BCUT2D eigenvalue weighted by molar-refractivity contribution is 7.89. The molecule has 3 rings (SSSR count). The van der Waals surface area contributed by atoms with Crippen LogP contribution in [0.4, 0.5) is 0 Å². The van der Waals surface area contributed by atoms with E-state index in [1.807, 2.05) is 23.6 Å². The molecule has 142 valence electrons. The number of hydrogen-bond acceptors (Lipinski definition) is 4. The molecule has 0 unspecified atom stereocenters. The number of nitrogens with zero attached hydrogens (tertiary/aromatic N) is 3. The molecule has 6 nitrogen and oxygen atoms in total. The van der Waals surface area contributed by atoms with E-state index in [1.54, 1.807) is 6.07 Å². The number of amides is 1. The Bertz CT molecular complexity index is 1180. The van der Waals surface area contributed by atoms with Crippen LogP contribution >= 0.6 is 22.9 Å². The number of benzene rings is 2. The molecule has 0 fully saturated rings. The lowest BCUT2D eigenvalue weighted by Gasteiger charge is -2.11. The average Bonchev–Trinajstić information content (AvgIpc) is 3.00. The van der Waals surface area contributed by atoms with Crippen LogP contribution in [0.5, 0.6) is 0 Å². The molecule has 0 aliphatic rings. The Balaban J connectivity index is 2.03. The van der Waals surface area contributed by atoms with Crippen molar-refractivity contribution in [2.45, 2.75) is 18.4 Å². The molecule has 0 aliphatic carbocycles. The summed E-state index contributed by atoms with van der Waals surface area (Å²) in [5.74, 6) is -0.436. The number of sulfonamides is 1. The third-order valence-corrected chi connectivity index (χ3v) is 7.22. The summed E-state index contributed by atoms with van der Waals surface area (Å²) in [7, 11) is -0.620. The standard InChI is InChI=1S/C18H18ClN3O3S2/c1-4-22-16-14(19)6-5-7-15(16)26-18(22)20-17(23)12-8-10-13(11-9-12)27(24,25)21(2)3/h5-11H,4H2,1-3H3. The number of halogens is 1. The van der Waals surface area contributed by atoms with E-state index in [0.717, 1.165) is 14.5 Å². The third-order valence-electron chi connectivity index (χ3n) is 4.05. The maximum atomic E-state index is 12.6. The second-order valence-corrected chi connectivity index (χ2v) is 9.51. The molecule has 0 spiro atoms. The van der Waals surface area contributed by atoms with E-state index in [1.165, 1.54) is 49.7 Å². The molecule has 9 heteroatoms. The molecule has 0 aliphatic heterocycles. The molecular weight excluding hydrogens is 406 g/mol. The first-order valence-corrected chi connectivity index (χ1v) is 10.8. The van der Waals surface area contributed by atoms with E-state index in [0.29, 0.717) is 21.9 Å². The van der Waals surface area contributed by atoms with Crippen LogP contribution in [0.25, 0.3) is 10.2 Å². The van der Waals surface area contributed by atoms with Crippen molar-refractivity contribution < 1.29 is 13.2 Å². The van der Waals surface area contributed by atoms with Crippen LogP contribution in [0.2, 0.25) is 5.02 Å². The second-order valence-electron chi connectivity index (χ2n) is 5.94. The summed E-state index contributed by atoms with van der Waals surface area (Å²) in [6.07, 6.45) is 0. The summed E-state index contributed by atoms with van der Waals surface area (Å²) >= 11 is 7.68. The van der Waals surface area contributed by atoms with E-state index in [4.69, 9.17) is 11.6 Å². The van der Waals surface area contributed by atoms with Gasteiger partial charge < -0.3 is 4.57 Å². The van der Waals surface area contributed by atoms with Gasteiger partial charge in [0.2, 0.25) is 10.0 Å². The fourth-order valence-corrected chi connectivity index (χ4v) is 4.95. The van der Waals surface area contributed by atoms with Gasteiger partial charge in [-0.3, -0.25) is 4.79 Å². The van der Waals surface area contributed by atoms with Crippen molar-refractivity contribution in [3.8, 4) is 0 Å². The number of hydrogen-bond donors (Lipinski definition) is 0. The summed E-state index contributed by atoms with van der Waals surface area (Å²) in [6.45, 7) is 2.58. The Morgan fingerprint density at radius 1 is 1.19 bits per heavy atom. The van der Waals surface area contributed by atoms with Crippen molar-refractivity contribution in [3.63, 3.8) is 0 Å². The van der Waals surface area contributed by atoms with Gasteiger partial charge in [0.25, 0.3) is 5.91 Å². The second kappa shape index (κ2) is 7.55. The van der Waals surface area contributed by atoms with Gasteiger partial charge in [-0.25, -0.2) is 12.7 Å². The monoisotopic (exact) mass is 423 g/mol. The highest BCUT2D eigenvalue weighted by Crippen LogP contribution is 2.25. The fourth-order valence-electron chi connectivity index (χ4n) is 2.60. The molecule has 0 bridgehead atoms. The van der Waals surface area contributed by atoms with Crippen LogP contribution < -0.4 is 4.80 Å². The minimum absolute atomic E-state index is 0.126. The molecular formula is C18H18ClN3O3S2. The van der Waals surface area contributed by atoms with Crippen LogP contribution in [-0.2, 0) is 16.6 Å². The van der Waals surface area contributed by atoms with Gasteiger partial charge in [-0.1, -0.05) is 29.0 Å². The molecule has 27 heavy (non-hydrogen) atoms. The smallest absolute Gasteiger partial charge is 0.279 e. The summed E-state index contributed by atoms with van der Waals surface area (Å²) in [4.78, 5) is 17.5. The summed E-state index contributed by atoms with van der Waals surface area (Å²) in [5.41, 5.74) is 1.17. The first-order chi connectivity index (χ1) is 12.8. The van der Waals surface area contributed by atoms with Crippen LogP contribution in [-0.4, -0.2) is 37.3 Å². The molecule has 0 atom stereocenters. The van der Waals surface area contributed by atoms with E-state index >= 15 is 0 Å². The quantitative estimate of drug-likeness (QED) is 0.645. The minimum Gasteiger partial charge on any atom is -0.315 e. The summed E-state index contributed by atoms with van der Waals surface area (Å²) in [6, 6.07) is 11.4. The Hall–Kier alpha value is -2.00. The largest absolute Gasteiger partial charge is 0.315 e. The lowest BCUT2D eigenvalue weighted by molar-refractivity contribution is 0.0997. The summed E-state index contributed by atoms with van der Waals surface area (Å²) in [5, 5.41) is 0.609. The molecule has 0 saturated carbocycles. The van der Waals surface area contributed by atoms with Gasteiger partial charge in [0, 0.05) is 26.2 Å². The van der Waals surface area contributed by atoms with Crippen LogP contribution in [0, 0.1) is 0 Å². The molecule has 2 aromatic carbocycles. The average molecular weight is 424 g/mol. The number of para-hydroxylation sites is 1. The van der Waals surface area contributed by atoms with Gasteiger partial charge in [0.15, 0.2) is 4.80 Å². The SMILES string of the molecule is CCn1c(=NC(=O)c2ccc(S(=O)(=O)N(C)C)cc2)sc2cccc(Cl)c21. The maximum Gasteiger partial charge on any atom is 0.279 e. The van der Waals surface area contributed by atoms with E-state index in [-0.39, 0.29) is 4.90 Å². The van der Waals surface area contributed by atoms with Gasteiger partial charge in [-0.15, -0.1) is 0 Å². The molecule has 0 saturated heterocycles. The molecule has 0 N–H and O–H groups in total. The normalized spacial score (nSPS) is 12.9. The number of thiazole rings is 1. The topological polar surface area (TPSA) is 71.7 Å². The number of carbonyl (C=O) groups excluding carboxylic acids is 1. The number of aromatic nitrogens is 1. The zero-order valence-corrected chi connectivity index (χ0v) is 17.4. The first-order valence-electron chi connectivity index (χ1n) is 8.15. The van der Waals surface area contributed by atoms with Crippen molar-refractivity contribution in [1.29, 1.82) is 0 Å². The molecule has 1 aromatic heterocycles. The van der Waals surface area contributed by atoms with Crippen LogP contribution in [0.3, 0.4) is 0 Å². The van der Waals surface area contributed by atoms with Crippen molar-refractivity contribution in [2.75, 3.05) is 14.1 Å². The van der Waals surface area contributed by atoms with Gasteiger partial charge in [-0.05, 0) is 43.3 Å². The first kappa shape index (κ1) is 19.8. The Kier molecular flexibility index (Phi) is 5.53. The molecule has 1 amide bonds. The van der Waals surface area contributed by atoms with E-state index in [2.05, 4.69) is 4.99 Å². The van der Waals surface area contributed by atoms with Gasteiger partial charge >= 0.3 is 0 Å². The highest BCUT2D eigenvalue weighted by Gasteiger charge is 2.17. The highest BCUT2D eigenvalue weighted by atomic mass is 35.5. The van der Waals surface area contributed by atoms with Gasteiger partial charge in [0.1, 0.15) is 0 Å². The lowest BCUT2D eigenvalue weighted by atomic mass is 10.2. The molecule has 1 heterocycles. The minimum atomic E-state index is -3.54. The Labute approximate surface area is 166 Å². The van der Waals surface area contributed by atoms with E-state index < -0.39 is 15.9 Å². The lowest BCUT2D eigenvalue weighted by Crippen LogP contribution is -2.22. The fraction of sp³-hybridized carbons (Fsp3) is 0.222. The predicted molar refractivity (Wildman–Crippen MR) is 108 cm³/mol. The Morgan fingerprint density at radius 2 is 1.85 bits per heavy atom. The predicted octanol–water partition coefficient (Wildman–Crippen LogP) is 3.37. The zero-order chi connectivity index (χ0) is 19.8. The van der Waals surface area contributed by atoms with E-state index in [9.17, 15) is 13.2 Å². The number of aryl methyl sites for hydroxylation is 1. The summed E-state index contributed by atoms with van der Waals surface area (Å²) < 4.78 is 28.2. The van der Waals surface area contributed by atoms with Crippen molar-refractivity contribution >= 4 is 49.1 Å². The zero-order valence-electron chi connectivity index (χ0n) is 15.0. The van der Waals surface area contributed by atoms with Crippen LogP contribution in [0.1, 0.15) is 17.3 Å². The Morgan fingerprint density at radius 3 is 2.44 bits per heavy atom. The van der Waals surface area contributed by atoms with Gasteiger partial charge in [-0.2, -0.15) is 4.99 Å². The number of rotatable bonds is 4. The van der Waals surface area contributed by atoms with Crippen molar-refractivity contribution in [2.24, 2.45) is 4.99 Å². The molecule has 0 radical (unpaired) electrons.